The number of hydrogen-bond donors (Lipinski definition) is 2. The number of urea groups is 1. The second-order valence-electron chi connectivity index (χ2n) is 4.72. The zero-order valence-electron chi connectivity index (χ0n) is 12.3. The summed E-state index contributed by atoms with van der Waals surface area (Å²) in [6, 6.07) is 3.16. The first-order valence-electron chi connectivity index (χ1n) is 6.64. The van der Waals surface area contributed by atoms with Gasteiger partial charge in [0, 0.05) is 13.1 Å². The maximum atomic E-state index is 12.0. The van der Waals surface area contributed by atoms with Crippen LogP contribution in [0.5, 0.6) is 0 Å². The van der Waals surface area contributed by atoms with Crippen molar-refractivity contribution in [1.82, 2.24) is 10.2 Å². The van der Waals surface area contributed by atoms with E-state index < -0.39 is 5.97 Å². The molecule has 0 aliphatic heterocycles. The summed E-state index contributed by atoms with van der Waals surface area (Å²) in [5.74, 6) is -0.633. The quantitative estimate of drug-likeness (QED) is 0.834. The normalized spacial score (nSPS) is 11.5. The van der Waals surface area contributed by atoms with Crippen molar-refractivity contribution >= 4 is 12.0 Å². The number of nitriles is 1. The molecule has 0 spiro atoms. The van der Waals surface area contributed by atoms with Crippen LogP contribution in [0.1, 0.15) is 35.7 Å². The van der Waals surface area contributed by atoms with E-state index in [4.69, 9.17) is 14.8 Å². The fourth-order valence-electron chi connectivity index (χ4n) is 1.84. The van der Waals surface area contributed by atoms with Crippen LogP contribution in [0.15, 0.2) is 10.5 Å². The van der Waals surface area contributed by atoms with Crippen LogP contribution in [0, 0.1) is 24.2 Å². The Kier molecular flexibility index (Phi) is 5.79. The number of carboxylic acids is 1. The molecule has 1 atom stereocenters. The fraction of sp³-hybridized carbons (Fsp3) is 0.500. The number of nitrogens with one attached hydrogen (secondary N) is 1. The van der Waals surface area contributed by atoms with Gasteiger partial charge in [-0.25, -0.2) is 9.59 Å². The van der Waals surface area contributed by atoms with E-state index in [1.807, 2.05) is 6.92 Å². The molecule has 0 aromatic carbocycles. The number of rotatable bonds is 6. The predicted octanol–water partition coefficient (Wildman–Crippen LogP) is 1.98. The molecule has 2 amide bonds. The number of aromatic carboxylic acids is 1. The number of furan rings is 1. The summed E-state index contributed by atoms with van der Waals surface area (Å²) in [5, 5.41) is 20.3. The average molecular weight is 293 g/mol. The minimum atomic E-state index is -1.06. The lowest BCUT2D eigenvalue weighted by Gasteiger charge is -2.22. The summed E-state index contributed by atoms with van der Waals surface area (Å²) >= 11 is 0. The fourth-order valence-corrected chi connectivity index (χ4v) is 1.84. The van der Waals surface area contributed by atoms with Crippen LogP contribution >= 0.6 is 0 Å². The topological polar surface area (TPSA) is 107 Å². The third-order valence-electron chi connectivity index (χ3n) is 3.00. The molecule has 0 radical (unpaired) electrons. The van der Waals surface area contributed by atoms with E-state index in [9.17, 15) is 9.59 Å². The largest absolute Gasteiger partial charge is 0.478 e. The monoisotopic (exact) mass is 293 g/mol. The second kappa shape index (κ2) is 7.33. The molecule has 7 heteroatoms. The Morgan fingerprint density at radius 1 is 1.57 bits per heavy atom. The molecule has 0 saturated carbocycles. The van der Waals surface area contributed by atoms with Gasteiger partial charge in [0.2, 0.25) is 0 Å². The highest BCUT2D eigenvalue weighted by Gasteiger charge is 2.17. The van der Waals surface area contributed by atoms with Crippen molar-refractivity contribution < 1.29 is 19.1 Å². The third kappa shape index (κ3) is 4.53. The van der Waals surface area contributed by atoms with Gasteiger partial charge >= 0.3 is 12.0 Å². The zero-order chi connectivity index (χ0) is 16.0. The molecule has 0 aliphatic carbocycles. The van der Waals surface area contributed by atoms with E-state index >= 15 is 0 Å². The van der Waals surface area contributed by atoms with Crippen LogP contribution in [0.2, 0.25) is 0 Å². The molecule has 1 aromatic rings. The molecule has 2 N–H and O–H groups in total. The van der Waals surface area contributed by atoms with Gasteiger partial charge in [-0.1, -0.05) is 0 Å². The number of carboxylic acid groups (broad SMARTS) is 1. The van der Waals surface area contributed by atoms with Crippen molar-refractivity contribution in [2.75, 3.05) is 13.1 Å². The van der Waals surface area contributed by atoms with E-state index in [-0.39, 0.29) is 24.1 Å². The SMILES string of the molecule is CCN(CC(C)C#N)C(=O)NCc1cc(C(=O)O)c(C)o1. The van der Waals surface area contributed by atoms with Crippen LogP contribution in [0.3, 0.4) is 0 Å². The van der Waals surface area contributed by atoms with Gasteiger partial charge in [0.15, 0.2) is 0 Å². The summed E-state index contributed by atoms with van der Waals surface area (Å²) in [4.78, 5) is 24.4. The van der Waals surface area contributed by atoms with E-state index in [0.717, 1.165) is 0 Å². The Hall–Kier alpha value is -2.49. The Morgan fingerprint density at radius 3 is 2.71 bits per heavy atom. The maximum Gasteiger partial charge on any atom is 0.339 e. The lowest BCUT2D eigenvalue weighted by atomic mass is 10.2. The molecular weight excluding hydrogens is 274 g/mol. The van der Waals surface area contributed by atoms with Crippen LogP contribution in [0.4, 0.5) is 4.79 Å². The first-order chi connectivity index (χ1) is 9.88. The van der Waals surface area contributed by atoms with Gasteiger partial charge in [0.25, 0.3) is 0 Å². The summed E-state index contributed by atoms with van der Waals surface area (Å²) in [5.41, 5.74) is 0.0877. The third-order valence-corrected chi connectivity index (χ3v) is 3.00. The van der Waals surface area contributed by atoms with E-state index in [0.29, 0.717) is 24.6 Å². The molecule has 1 heterocycles. The molecular formula is C14H19N3O4. The van der Waals surface area contributed by atoms with Gasteiger partial charge in [0.1, 0.15) is 17.1 Å². The summed E-state index contributed by atoms with van der Waals surface area (Å²) in [7, 11) is 0. The number of nitrogens with zero attached hydrogens (tertiary/aromatic N) is 2. The van der Waals surface area contributed by atoms with E-state index in [1.54, 1.807) is 13.8 Å². The van der Waals surface area contributed by atoms with Crippen molar-refractivity contribution in [2.45, 2.75) is 27.3 Å². The highest BCUT2D eigenvalue weighted by molar-refractivity contribution is 5.88. The number of carbonyl (C=O) groups is 2. The first-order valence-corrected chi connectivity index (χ1v) is 6.64. The Labute approximate surface area is 123 Å². The highest BCUT2D eigenvalue weighted by atomic mass is 16.4. The maximum absolute atomic E-state index is 12.0. The second-order valence-corrected chi connectivity index (χ2v) is 4.72. The van der Waals surface area contributed by atoms with Crippen LogP contribution < -0.4 is 5.32 Å². The number of amides is 2. The smallest absolute Gasteiger partial charge is 0.339 e. The molecule has 7 nitrogen and oxygen atoms in total. The van der Waals surface area contributed by atoms with E-state index in [1.165, 1.54) is 11.0 Å². The molecule has 0 fully saturated rings. The van der Waals surface area contributed by atoms with Gasteiger partial charge in [0.05, 0.1) is 18.5 Å². The van der Waals surface area contributed by atoms with Gasteiger partial charge in [-0.05, 0) is 26.8 Å². The molecule has 0 bridgehead atoms. The molecule has 0 saturated heterocycles. The van der Waals surface area contributed by atoms with Gasteiger partial charge in [-0.15, -0.1) is 0 Å². The predicted molar refractivity (Wildman–Crippen MR) is 74.7 cm³/mol. The zero-order valence-corrected chi connectivity index (χ0v) is 12.3. The molecule has 1 unspecified atom stereocenters. The van der Waals surface area contributed by atoms with Gasteiger partial charge in [-0.3, -0.25) is 0 Å². The molecule has 0 aliphatic rings. The standard InChI is InChI=1S/C14H19N3O4/c1-4-17(8-9(2)6-15)14(20)16-7-11-5-12(13(18)19)10(3)21-11/h5,9H,4,7-8H2,1-3H3,(H,16,20)(H,18,19). The number of carbonyl (C=O) groups excluding carboxylic acids is 1. The van der Waals surface area contributed by atoms with E-state index in [2.05, 4.69) is 11.4 Å². The Morgan fingerprint density at radius 2 is 2.24 bits per heavy atom. The van der Waals surface area contributed by atoms with Crippen LogP contribution in [-0.2, 0) is 6.54 Å². The summed E-state index contributed by atoms with van der Waals surface area (Å²) in [6.45, 7) is 6.05. The highest BCUT2D eigenvalue weighted by Crippen LogP contribution is 2.14. The number of hydrogen-bond acceptors (Lipinski definition) is 4. The van der Waals surface area contributed by atoms with Gasteiger partial charge < -0.3 is 19.7 Å². The average Bonchev–Trinajstić information content (AvgIpc) is 2.83. The minimum Gasteiger partial charge on any atom is -0.478 e. The van der Waals surface area contributed by atoms with Crippen LogP contribution in [-0.4, -0.2) is 35.1 Å². The van der Waals surface area contributed by atoms with Crippen LogP contribution in [0.25, 0.3) is 0 Å². The lowest BCUT2D eigenvalue weighted by Crippen LogP contribution is -2.41. The molecule has 1 aromatic heterocycles. The molecule has 114 valence electrons. The van der Waals surface area contributed by atoms with Crippen molar-refractivity contribution in [3.05, 3.63) is 23.2 Å². The minimum absolute atomic E-state index is 0.0877. The van der Waals surface area contributed by atoms with Crippen molar-refractivity contribution in [1.29, 1.82) is 5.26 Å². The Bertz CT molecular complexity index is 559. The summed E-state index contributed by atoms with van der Waals surface area (Å²) < 4.78 is 5.28. The van der Waals surface area contributed by atoms with Gasteiger partial charge in [-0.2, -0.15) is 5.26 Å². The summed E-state index contributed by atoms with van der Waals surface area (Å²) in [6.07, 6.45) is 0. The van der Waals surface area contributed by atoms with Crippen molar-refractivity contribution in [3.63, 3.8) is 0 Å². The lowest BCUT2D eigenvalue weighted by molar-refractivity contribution is 0.0695. The number of aryl methyl sites for hydroxylation is 1. The van der Waals surface area contributed by atoms with Crippen molar-refractivity contribution in [3.8, 4) is 6.07 Å². The molecule has 21 heavy (non-hydrogen) atoms. The van der Waals surface area contributed by atoms with Crippen molar-refractivity contribution in [2.24, 2.45) is 5.92 Å². The Balaban J connectivity index is 2.61. The molecule has 1 rings (SSSR count). The first kappa shape index (κ1) is 16.6.